The van der Waals surface area contributed by atoms with Gasteiger partial charge in [-0.3, -0.25) is 4.79 Å². The number of H-pyrrole nitrogens is 1. The molecule has 2 aromatic rings. The van der Waals surface area contributed by atoms with Gasteiger partial charge in [-0.2, -0.15) is 0 Å². The number of aromatic nitrogens is 2. The van der Waals surface area contributed by atoms with Crippen LogP contribution in [0.25, 0.3) is 11.0 Å². The molecule has 0 atom stereocenters. The summed E-state index contributed by atoms with van der Waals surface area (Å²) < 4.78 is 12.0. The predicted molar refractivity (Wildman–Crippen MR) is 65.7 cm³/mol. The van der Waals surface area contributed by atoms with Crippen LogP contribution in [0.15, 0.2) is 18.2 Å². The van der Waals surface area contributed by atoms with Gasteiger partial charge in [-0.1, -0.05) is 6.07 Å². The molecule has 0 fully saturated rings. The molecule has 0 bridgehead atoms. The maximum absolute atomic E-state index is 11.3. The number of carbonyl (C=O) groups is 1. The Labute approximate surface area is 103 Å². The minimum absolute atomic E-state index is 0.0858. The smallest absolute Gasteiger partial charge is 0.325 e. The van der Waals surface area contributed by atoms with E-state index in [0.29, 0.717) is 10.5 Å². The van der Waals surface area contributed by atoms with E-state index in [0.717, 1.165) is 11.0 Å². The Bertz CT molecular complexity index is 615. The number of rotatable bonds is 3. The van der Waals surface area contributed by atoms with Gasteiger partial charge in [0, 0.05) is 0 Å². The van der Waals surface area contributed by atoms with E-state index in [2.05, 4.69) is 9.72 Å². The van der Waals surface area contributed by atoms with E-state index in [1.165, 1.54) is 7.11 Å². The van der Waals surface area contributed by atoms with Crippen molar-refractivity contribution >= 4 is 29.2 Å². The quantitative estimate of drug-likeness (QED) is 0.669. The van der Waals surface area contributed by atoms with Crippen molar-refractivity contribution in [2.45, 2.75) is 6.54 Å². The molecule has 5 nitrogen and oxygen atoms in total. The molecule has 17 heavy (non-hydrogen) atoms. The topological polar surface area (TPSA) is 56.2 Å². The van der Waals surface area contributed by atoms with Crippen LogP contribution < -0.4 is 4.74 Å². The number of benzene rings is 1. The lowest BCUT2D eigenvalue weighted by atomic mass is 10.3. The highest BCUT2D eigenvalue weighted by Gasteiger charge is 2.11. The maximum Gasteiger partial charge on any atom is 0.325 e. The van der Waals surface area contributed by atoms with Crippen molar-refractivity contribution in [3.8, 4) is 5.75 Å². The molecule has 6 heteroatoms. The summed E-state index contributed by atoms with van der Waals surface area (Å²) >= 11 is 5.17. The molecule has 0 saturated heterocycles. The van der Waals surface area contributed by atoms with Gasteiger partial charge in [0.05, 0.1) is 19.7 Å². The van der Waals surface area contributed by atoms with Crippen molar-refractivity contribution in [2.24, 2.45) is 0 Å². The van der Waals surface area contributed by atoms with E-state index >= 15 is 0 Å². The molecule has 0 amide bonds. The van der Waals surface area contributed by atoms with Crippen molar-refractivity contribution in [2.75, 3.05) is 14.2 Å². The second kappa shape index (κ2) is 4.58. The largest absolute Gasteiger partial charge is 0.494 e. The molecule has 0 unspecified atom stereocenters. The number of imidazole rings is 1. The minimum atomic E-state index is -0.343. The van der Waals surface area contributed by atoms with Gasteiger partial charge in [0.1, 0.15) is 17.8 Å². The second-order valence-electron chi connectivity index (χ2n) is 3.45. The third-order valence-electron chi connectivity index (χ3n) is 2.51. The van der Waals surface area contributed by atoms with Crippen LogP contribution in [0.2, 0.25) is 0 Å². The van der Waals surface area contributed by atoms with Crippen LogP contribution in [0.5, 0.6) is 5.75 Å². The first-order valence-electron chi connectivity index (χ1n) is 4.99. The SMILES string of the molecule is COC(=O)Cn1c(=S)[nH]c2c(OC)cccc21. The molecule has 0 aliphatic carbocycles. The first kappa shape index (κ1) is 11.7. The fourth-order valence-corrected chi connectivity index (χ4v) is 1.94. The standard InChI is InChI=1S/C11H12N2O3S/c1-15-8-5-3-4-7-10(8)12-11(17)13(7)6-9(14)16-2/h3-5H,6H2,1-2H3,(H,12,17). The number of fused-ring (bicyclic) bond motifs is 1. The number of para-hydroxylation sites is 1. The molecular weight excluding hydrogens is 240 g/mol. The molecule has 2 rings (SSSR count). The van der Waals surface area contributed by atoms with E-state index in [4.69, 9.17) is 17.0 Å². The van der Waals surface area contributed by atoms with Crippen LogP contribution in [0.1, 0.15) is 0 Å². The Morgan fingerprint density at radius 3 is 2.88 bits per heavy atom. The molecule has 0 spiro atoms. The number of carbonyl (C=O) groups excluding carboxylic acids is 1. The lowest BCUT2D eigenvalue weighted by Crippen LogP contribution is -2.11. The molecule has 0 aliphatic heterocycles. The first-order valence-corrected chi connectivity index (χ1v) is 5.40. The van der Waals surface area contributed by atoms with Crippen LogP contribution in [-0.2, 0) is 16.1 Å². The monoisotopic (exact) mass is 252 g/mol. The molecule has 1 heterocycles. The number of aromatic amines is 1. The number of nitrogens with zero attached hydrogens (tertiary/aromatic N) is 1. The van der Waals surface area contributed by atoms with Gasteiger partial charge in [-0.25, -0.2) is 0 Å². The second-order valence-corrected chi connectivity index (χ2v) is 3.83. The summed E-state index contributed by atoms with van der Waals surface area (Å²) in [6.07, 6.45) is 0. The highest BCUT2D eigenvalue weighted by atomic mass is 32.1. The number of methoxy groups -OCH3 is 2. The average Bonchev–Trinajstić information content (AvgIpc) is 2.66. The Morgan fingerprint density at radius 2 is 2.24 bits per heavy atom. The van der Waals surface area contributed by atoms with Crippen molar-refractivity contribution in [1.29, 1.82) is 0 Å². The molecule has 1 aromatic heterocycles. The van der Waals surface area contributed by atoms with Crippen molar-refractivity contribution in [3.63, 3.8) is 0 Å². The predicted octanol–water partition coefficient (Wildman–Crippen LogP) is 1.88. The van der Waals surface area contributed by atoms with Crippen LogP contribution in [0, 0.1) is 4.77 Å². The fraction of sp³-hybridized carbons (Fsp3) is 0.273. The highest BCUT2D eigenvalue weighted by molar-refractivity contribution is 7.71. The maximum atomic E-state index is 11.3. The Balaban J connectivity index is 2.60. The first-order chi connectivity index (χ1) is 8.17. The van der Waals surface area contributed by atoms with Crippen molar-refractivity contribution in [1.82, 2.24) is 9.55 Å². The average molecular weight is 252 g/mol. The third kappa shape index (κ3) is 2.03. The zero-order chi connectivity index (χ0) is 12.4. The van der Waals surface area contributed by atoms with Gasteiger partial charge < -0.3 is 19.0 Å². The van der Waals surface area contributed by atoms with Crippen LogP contribution >= 0.6 is 12.2 Å². The van der Waals surface area contributed by atoms with Gasteiger partial charge >= 0.3 is 5.97 Å². The van der Waals surface area contributed by atoms with Crippen LogP contribution in [0.3, 0.4) is 0 Å². The van der Waals surface area contributed by atoms with Gasteiger partial charge in [-0.15, -0.1) is 0 Å². The molecule has 0 saturated carbocycles. The third-order valence-corrected chi connectivity index (χ3v) is 2.83. The Morgan fingerprint density at radius 1 is 1.47 bits per heavy atom. The summed E-state index contributed by atoms with van der Waals surface area (Å²) in [4.78, 5) is 14.3. The van der Waals surface area contributed by atoms with E-state index in [9.17, 15) is 4.79 Å². The summed E-state index contributed by atoms with van der Waals surface area (Å²) in [5.41, 5.74) is 1.60. The summed E-state index contributed by atoms with van der Waals surface area (Å²) in [5, 5.41) is 0. The zero-order valence-electron chi connectivity index (χ0n) is 9.52. The number of esters is 1. The summed E-state index contributed by atoms with van der Waals surface area (Å²) in [7, 11) is 2.94. The van der Waals surface area contributed by atoms with E-state index in [-0.39, 0.29) is 12.5 Å². The highest BCUT2D eigenvalue weighted by Crippen LogP contribution is 2.24. The Kier molecular flexibility index (Phi) is 3.14. The molecule has 90 valence electrons. The lowest BCUT2D eigenvalue weighted by Gasteiger charge is -2.04. The molecule has 1 N–H and O–H groups in total. The summed E-state index contributed by atoms with van der Waals surface area (Å²) in [5.74, 6) is 0.349. The molecule has 0 aliphatic rings. The number of ether oxygens (including phenoxy) is 2. The number of hydrogen-bond donors (Lipinski definition) is 1. The Hall–Kier alpha value is -1.82. The van der Waals surface area contributed by atoms with Gasteiger partial charge in [0.25, 0.3) is 0 Å². The molecule has 0 radical (unpaired) electrons. The van der Waals surface area contributed by atoms with Crippen molar-refractivity contribution < 1.29 is 14.3 Å². The van der Waals surface area contributed by atoms with E-state index in [1.54, 1.807) is 11.7 Å². The summed E-state index contributed by atoms with van der Waals surface area (Å²) in [6, 6.07) is 5.54. The fourth-order valence-electron chi connectivity index (χ4n) is 1.67. The lowest BCUT2D eigenvalue weighted by molar-refractivity contribution is -0.141. The minimum Gasteiger partial charge on any atom is -0.494 e. The number of nitrogens with one attached hydrogen (secondary N) is 1. The molecule has 1 aromatic carbocycles. The normalized spacial score (nSPS) is 10.5. The van der Waals surface area contributed by atoms with Gasteiger partial charge in [-0.05, 0) is 24.4 Å². The van der Waals surface area contributed by atoms with E-state index < -0.39 is 0 Å². The number of hydrogen-bond acceptors (Lipinski definition) is 4. The van der Waals surface area contributed by atoms with Crippen LogP contribution in [-0.4, -0.2) is 29.7 Å². The van der Waals surface area contributed by atoms with Crippen molar-refractivity contribution in [3.05, 3.63) is 23.0 Å². The van der Waals surface area contributed by atoms with Crippen LogP contribution in [0.4, 0.5) is 0 Å². The van der Waals surface area contributed by atoms with Gasteiger partial charge in [0.15, 0.2) is 4.77 Å². The molecular formula is C11H12N2O3S. The zero-order valence-corrected chi connectivity index (χ0v) is 10.3. The van der Waals surface area contributed by atoms with Gasteiger partial charge in [0.2, 0.25) is 0 Å². The van der Waals surface area contributed by atoms with E-state index in [1.807, 2.05) is 18.2 Å². The summed E-state index contributed by atoms with van der Waals surface area (Å²) in [6.45, 7) is 0.0858.